The summed E-state index contributed by atoms with van der Waals surface area (Å²) in [6.45, 7) is 7.58. The SMILES string of the molecule is CCC/C(C)=C(/C(C)=O)C1=C(C)C(=O)CCC1. The third-order valence-corrected chi connectivity index (χ3v) is 3.41. The van der Waals surface area contributed by atoms with Crippen LogP contribution < -0.4 is 0 Å². The lowest BCUT2D eigenvalue weighted by Crippen LogP contribution is -2.14. The van der Waals surface area contributed by atoms with Gasteiger partial charge >= 0.3 is 0 Å². The fraction of sp³-hybridized carbons (Fsp3) is 0.600. The Kier molecular flexibility index (Phi) is 4.86. The van der Waals surface area contributed by atoms with Crippen molar-refractivity contribution in [3.05, 3.63) is 22.3 Å². The van der Waals surface area contributed by atoms with Crippen LogP contribution in [0.2, 0.25) is 0 Å². The molecule has 1 aliphatic rings. The average Bonchev–Trinajstić information content (AvgIpc) is 2.24. The first-order valence-corrected chi connectivity index (χ1v) is 6.43. The van der Waals surface area contributed by atoms with E-state index in [1.54, 1.807) is 6.92 Å². The topological polar surface area (TPSA) is 34.1 Å². The van der Waals surface area contributed by atoms with Crippen LogP contribution in [0.4, 0.5) is 0 Å². The van der Waals surface area contributed by atoms with Gasteiger partial charge in [0, 0.05) is 12.0 Å². The molecule has 0 aromatic rings. The fourth-order valence-electron chi connectivity index (χ4n) is 2.55. The maximum Gasteiger partial charge on any atom is 0.160 e. The molecule has 0 saturated heterocycles. The molecular formula is C15H22O2. The van der Waals surface area contributed by atoms with Crippen LogP contribution >= 0.6 is 0 Å². The molecule has 0 heterocycles. The predicted octanol–water partition coefficient (Wildman–Crippen LogP) is 3.76. The molecule has 2 heteroatoms. The molecule has 0 aliphatic heterocycles. The van der Waals surface area contributed by atoms with E-state index in [0.717, 1.165) is 48.0 Å². The molecule has 0 fully saturated rings. The Morgan fingerprint density at radius 3 is 2.41 bits per heavy atom. The van der Waals surface area contributed by atoms with Crippen LogP contribution in [0.5, 0.6) is 0 Å². The van der Waals surface area contributed by atoms with E-state index in [0.29, 0.717) is 6.42 Å². The van der Waals surface area contributed by atoms with Crippen LogP contribution in [0.25, 0.3) is 0 Å². The standard InChI is InChI=1S/C15H22O2/c1-5-7-10(2)15(12(4)16)13-8-6-9-14(17)11(13)3/h5-9H2,1-4H3/b15-10-. The summed E-state index contributed by atoms with van der Waals surface area (Å²) >= 11 is 0. The quantitative estimate of drug-likeness (QED) is 0.694. The van der Waals surface area contributed by atoms with Crippen molar-refractivity contribution >= 4 is 11.6 Å². The molecular weight excluding hydrogens is 212 g/mol. The van der Waals surface area contributed by atoms with Crippen molar-refractivity contribution in [2.45, 2.75) is 59.8 Å². The Hall–Kier alpha value is -1.18. The predicted molar refractivity (Wildman–Crippen MR) is 69.8 cm³/mol. The summed E-state index contributed by atoms with van der Waals surface area (Å²) in [4.78, 5) is 23.5. The van der Waals surface area contributed by atoms with Crippen LogP contribution in [-0.2, 0) is 9.59 Å². The molecule has 0 N–H and O–H groups in total. The van der Waals surface area contributed by atoms with E-state index < -0.39 is 0 Å². The molecule has 17 heavy (non-hydrogen) atoms. The summed E-state index contributed by atoms with van der Waals surface area (Å²) in [6.07, 6.45) is 4.34. The summed E-state index contributed by atoms with van der Waals surface area (Å²) in [5.41, 5.74) is 3.75. The highest BCUT2D eigenvalue weighted by atomic mass is 16.1. The van der Waals surface area contributed by atoms with Gasteiger partial charge in [0.05, 0.1) is 0 Å². The van der Waals surface area contributed by atoms with Gasteiger partial charge in [-0.15, -0.1) is 0 Å². The Morgan fingerprint density at radius 1 is 1.24 bits per heavy atom. The fourth-order valence-corrected chi connectivity index (χ4v) is 2.55. The van der Waals surface area contributed by atoms with Gasteiger partial charge in [-0.3, -0.25) is 9.59 Å². The van der Waals surface area contributed by atoms with Crippen molar-refractivity contribution in [3.8, 4) is 0 Å². The number of hydrogen-bond donors (Lipinski definition) is 0. The smallest absolute Gasteiger partial charge is 0.160 e. The molecule has 1 rings (SSSR count). The lowest BCUT2D eigenvalue weighted by atomic mass is 9.83. The second-order valence-corrected chi connectivity index (χ2v) is 4.84. The van der Waals surface area contributed by atoms with Crippen molar-refractivity contribution in [3.63, 3.8) is 0 Å². The summed E-state index contributed by atoms with van der Waals surface area (Å²) in [7, 11) is 0. The normalized spacial score (nSPS) is 18.2. The van der Waals surface area contributed by atoms with Crippen LogP contribution in [0.15, 0.2) is 22.3 Å². The lowest BCUT2D eigenvalue weighted by Gasteiger charge is -2.20. The van der Waals surface area contributed by atoms with Gasteiger partial charge in [-0.25, -0.2) is 0 Å². The van der Waals surface area contributed by atoms with Gasteiger partial charge in [0.25, 0.3) is 0 Å². The Morgan fingerprint density at radius 2 is 1.88 bits per heavy atom. The maximum absolute atomic E-state index is 11.8. The van der Waals surface area contributed by atoms with E-state index in [4.69, 9.17) is 0 Å². The van der Waals surface area contributed by atoms with Crippen LogP contribution in [0.3, 0.4) is 0 Å². The van der Waals surface area contributed by atoms with Crippen molar-refractivity contribution in [2.75, 3.05) is 0 Å². The first kappa shape index (κ1) is 13.9. The van der Waals surface area contributed by atoms with Crippen molar-refractivity contribution in [1.82, 2.24) is 0 Å². The van der Waals surface area contributed by atoms with Crippen LogP contribution in [0, 0.1) is 0 Å². The van der Waals surface area contributed by atoms with E-state index in [2.05, 4.69) is 6.92 Å². The highest BCUT2D eigenvalue weighted by Crippen LogP contribution is 2.31. The first-order valence-electron chi connectivity index (χ1n) is 6.43. The van der Waals surface area contributed by atoms with Crippen LogP contribution in [-0.4, -0.2) is 11.6 Å². The molecule has 0 radical (unpaired) electrons. The summed E-state index contributed by atoms with van der Waals surface area (Å²) in [5, 5.41) is 0. The van der Waals surface area contributed by atoms with Gasteiger partial charge < -0.3 is 0 Å². The Balaban J connectivity index is 3.25. The number of carbonyl (C=O) groups excluding carboxylic acids is 2. The third kappa shape index (κ3) is 3.15. The second kappa shape index (κ2) is 5.95. The van der Waals surface area contributed by atoms with Gasteiger partial charge in [-0.1, -0.05) is 18.9 Å². The number of ketones is 2. The van der Waals surface area contributed by atoms with E-state index in [-0.39, 0.29) is 11.6 Å². The second-order valence-electron chi connectivity index (χ2n) is 4.84. The number of rotatable bonds is 4. The summed E-state index contributed by atoms with van der Waals surface area (Å²) < 4.78 is 0. The molecule has 0 unspecified atom stereocenters. The molecule has 0 amide bonds. The Labute approximate surface area is 104 Å². The first-order chi connectivity index (χ1) is 7.99. The van der Waals surface area contributed by atoms with E-state index >= 15 is 0 Å². The van der Waals surface area contributed by atoms with Gasteiger partial charge in [-0.2, -0.15) is 0 Å². The van der Waals surface area contributed by atoms with Gasteiger partial charge in [0.2, 0.25) is 0 Å². The van der Waals surface area contributed by atoms with Gasteiger partial charge in [0.15, 0.2) is 11.6 Å². The zero-order chi connectivity index (χ0) is 13.0. The highest BCUT2D eigenvalue weighted by molar-refractivity contribution is 6.04. The number of Topliss-reactive ketones (excluding diaryl/α,β-unsaturated/α-hetero) is 2. The lowest BCUT2D eigenvalue weighted by molar-refractivity contribution is -0.116. The van der Waals surface area contributed by atoms with Crippen LogP contribution in [0.1, 0.15) is 59.8 Å². The number of allylic oxidation sites excluding steroid dienone is 4. The van der Waals surface area contributed by atoms with E-state index in [1.807, 2.05) is 13.8 Å². The van der Waals surface area contributed by atoms with E-state index in [1.165, 1.54) is 0 Å². The van der Waals surface area contributed by atoms with Crippen molar-refractivity contribution < 1.29 is 9.59 Å². The molecule has 1 aliphatic carbocycles. The molecule has 0 aromatic heterocycles. The zero-order valence-corrected chi connectivity index (χ0v) is 11.4. The summed E-state index contributed by atoms with van der Waals surface area (Å²) in [5.74, 6) is 0.300. The van der Waals surface area contributed by atoms with E-state index in [9.17, 15) is 9.59 Å². The average molecular weight is 234 g/mol. The molecule has 0 bridgehead atoms. The zero-order valence-electron chi connectivity index (χ0n) is 11.4. The monoisotopic (exact) mass is 234 g/mol. The minimum absolute atomic E-state index is 0.0972. The number of hydrogen-bond acceptors (Lipinski definition) is 2. The molecule has 0 saturated carbocycles. The highest BCUT2D eigenvalue weighted by Gasteiger charge is 2.22. The largest absolute Gasteiger partial charge is 0.295 e. The van der Waals surface area contributed by atoms with Gasteiger partial charge in [-0.05, 0) is 51.2 Å². The third-order valence-electron chi connectivity index (χ3n) is 3.41. The molecule has 0 atom stereocenters. The minimum atomic E-state index is 0.0972. The minimum Gasteiger partial charge on any atom is -0.295 e. The van der Waals surface area contributed by atoms with Gasteiger partial charge in [0.1, 0.15) is 0 Å². The van der Waals surface area contributed by atoms with Crippen molar-refractivity contribution in [2.24, 2.45) is 0 Å². The van der Waals surface area contributed by atoms with Crippen molar-refractivity contribution in [1.29, 1.82) is 0 Å². The summed E-state index contributed by atoms with van der Waals surface area (Å²) in [6, 6.07) is 0. The molecule has 0 aromatic carbocycles. The molecule has 94 valence electrons. The Bertz CT molecular complexity index is 397. The molecule has 2 nitrogen and oxygen atoms in total. The maximum atomic E-state index is 11.8. The molecule has 0 spiro atoms. The number of carbonyl (C=O) groups is 2.